The number of nitrogens with zero attached hydrogens (tertiary/aromatic N) is 1. The number of hydrogen-bond acceptors (Lipinski definition) is 6. The molecule has 0 unspecified atom stereocenters. The topological polar surface area (TPSA) is 101 Å². The normalized spacial score (nSPS) is 17.5. The smallest absolute Gasteiger partial charge is 0.271 e. The van der Waals surface area contributed by atoms with Crippen LogP contribution in [0.5, 0.6) is 0 Å². The number of amides is 2. The van der Waals surface area contributed by atoms with Gasteiger partial charge < -0.3 is 10.6 Å². The molecule has 1 aromatic carbocycles. The van der Waals surface area contributed by atoms with Crippen molar-refractivity contribution in [2.75, 3.05) is 5.32 Å². The molecular formula is C12H11N3O4S2. The lowest BCUT2D eigenvalue weighted by Gasteiger charge is -2.09. The quantitative estimate of drug-likeness (QED) is 0.497. The first kappa shape index (κ1) is 15.4. The Bertz CT molecular complexity index is 647. The number of anilines is 1. The van der Waals surface area contributed by atoms with Gasteiger partial charge in [0.1, 0.15) is 4.32 Å². The fourth-order valence-electron chi connectivity index (χ4n) is 1.76. The zero-order valence-corrected chi connectivity index (χ0v) is 12.5. The monoisotopic (exact) mass is 325 g/mol. The second kappa shape index (κ2) is 6.19. The van der Waals surface area contributed by atoms with Crippen LogP contribution in [-0.2, 0) is 9.59 Å². The third-order valence-electron chi connectivity index (χ3n) is 2.84. The first-order valence-corrected chi connectivity index (χ1v) is 7.22. The van der Waals surface area contributed by atoms with Crippen LogP contribution >= 0.6 is 24.0 Å². The Morgan fingerprint density at radius 1 is 1.57 bits per heavy atom. The van der Waals surface area contributed by atoms with Gasteiger partial charge >= 0.3 is 0 Å². The van der Waals surface area contributed by atoms with Crippen LogP contribution in [0.15, 0.2) is 18.2 Å². The van der Waals surface area contributed by atoms with Crippen LogP contribution in [0.2, 0.25) is 0 Å². The number of rotatable bonds is 4. The summed E-state index contributed by atoms with van der Waals surface area (Å²) in [4.78, 5) is 33.6. The van der Waals surface area contributed by atoms with E-state index >= 15 is 0 Å². The van der Waals surface area contributed by atoms with E-state index in [2.05, 4.69) is 10.6 Å². The number of carbonyl (C=O) groups is 2. The molecule has 0 aromatic heterocycles. The first-order chi connectivity index (χ1) is 9.86. The number of thiocarbonyl (C=S) groups is 1. The van der Waals surface area contributed by atoms with E-state index in [1.807, 2.05) is 0 Å². The third kappa shape index (κ3) is 3.76. The highest BCUT2D eigenvalue weighted by molar-refractivity contribution is 8.24. The van der Waals surface area contributed by atoms with Gasteiger partial charge in [-0.2, -0.15) is 0 Å². The van der Waals surface area contributed by atoms with Crippen LogP contribution in [-0.4, -0.2) is 26.3 Å². The zero-order chi connectivity index (χ0) is 15.6. The minimum Gasteiger partial charge on any atom is -0.326 e. The average molecular weight is 325 g/mol. The summed E-state index contributed by atoms with van der Waals surface area (Å²) in [6.45, 7) is 1.73. The van der Waals surface area contributed by atoms with E-state index in [9.17, 15) is 19.7 Å². The number of benzene rings is 1. The van der Waals surface area contributed by atoms with Gasteiger partial charge in [0.05, 0.1) is 15.9 Å². The number of nitro groups is 1. The van der Waals surface area contributed by atoms with Gasteiger partial charge in [0, 0.05) is 18.6 Å². The van der Waals surface area contributed by atoms with E-state index in [-0.39, 0.29) is 18.0 Å². The SMILES string of the molecule is Cc1ccc([N+](=O)[O-])cc1NC(=O)C[C@@H]1SC(=S)NC1=O. The Balaban J connectivity index is 2.06. The molecule has 1 aliphatic rings. The lowest BCUT2D eigenvalue weighted by atomic mass is 10.1. The summed E-state index contributed by atoms with van der Waals surface area (Å²) in [6, 6.07) is 4.21. The molecule has 0 saturated carbocycles. The average Bonchev–Trinajstić information content (AvgIpc) is 2.70. The van der Waals surface area contributed by atoms with Gasteiger partial charge in [-0.3, -0.25) is 19.7 Å². The fourth-order valence-corrected chi connectivity index (χ4v) is 3.02. The van der Waals surface area contributed by atoms with E-state index in [0.717, 1.165) is 11.8 Å². The number of carbonyl (C=O) groups excluding carboxylic acids is 2. The first-order valence-electron chi connectivity index (χ1n) is 5.93. The second-order valence-electron chi connectivity index (χ2n) is 4.39. The van der Waals surface area contributed by atoms with E-state index in [0.29, 0.717) is 15.6 Å². The molecule has 2 rings (SSSR count). The molecule has 7 nitrogen and oxygen atoms in total. The molecule has 21 heavy (non-hydrogen) atoms. The Morgan fingerprint density at radius 2 is 2.29 bits per heavy atom. The summed E-state index contributed by atoms with van der Waals surface area (Å²) < 4.78 is 0.351. The second-order valence-corrected chi connectivity index (χ2v) is 6.27. The van der Waals surface area contributed by atoms with Crippen molar-refractivity contribution in [3.8, 4) is 0 Å². The van der Waals surface area contributed by atoms with Crippen molar-refractivity contribution in [1.82, 2.24) is 5.32 Å². The standard InChI is InChI=1S/C12H11N3O4S2/c1-6-2-3-7(15(18)19)4-8(6)13-10(16)5-9-11(17)14-12(20)21-9/h2-4,9H,5H2,1H3,(H,13,16)(H,14,17,20)/t9-/m0/s1. The highest BCUT2D eigenvalue weighted by Crippen LogP contribution is 2.25. The Labute approximate surface area is 129 Å². The molecule has 1 aromatic rings. The number of nitrogens with one attached hydrogen (secondary N) is 2. The zero-order valence-electron chi connectivity index (χ0n) is 10.9. The predicted octanol–water partition coefficient (Wildman–Crippen LogP) is 1.75. The highest BCUT2D eigenvalue weighted by atomic mass is 32.2. The van der Waals surface area contributed by atoms with E-state index in [1.54, 1.807) is 13.0 Å². The Morgan fingerprint density at radius 3 is 2.86 bits per heavy atom. The van der Waals surface area contributed by atoms with Crippen LogP contribution in [0, 0.1) is 17.0 Å². The van der Waals surface area contributed by atoms with Crippen LogP contribution in [0.1, 0.15) is 12.0 Å². The summed E-state index contributed by atoms with van der Waals surface area (Å²) in [5.74, 6) is -0.688. The molecule has 0 bridgehead atoms. The molecular weight excluding hydrogens is 314 g/mol. The minimum atomic E-state index is -0.559. The number of non-ortho nitro benzene ring substituents is 1. The van der Waals surface area contributed by atoms with Gasteiger partial charge in [0.2, 0.25) is 11.8 Å². The lowest BCUT2D eigenvalue weighted by Crippen LogP contribution is -2.27. The number of thioether (sulfide) groups is 1. The van der Waals surface area contributed by atoms with E-state index in [1.165, 1.54) is 12.1 Å². The van der Waals surface area contributed by atoms with Gasteiger partial charge in [0.25, 0.3) is 5.69 Å². The maximum absolute atomic E-state index is 11.9. The number of aryl methyl sites for hydroxylation is 1. The Kier molecular flexibility index (Phi) is 4.53. The van der Waals surface area contributed by atoms with Gasteiger partial charge in [-0.05, 0) is 12.5 Å². The van der Waals surface area contributed by atoms with Crippen molar-refractivity contribution in [2.24, 2.45) is 0 Å². The molecule has 1 fully saturated rings. The maximum atomic E-state index is 11.9. The van der Waals surface area contributed by atoms with Gasteiger partial charge in [0.15, 0.2) is 0 Å². The minimum absolute atomic E-state index is 0.0429. The molecule has 1 atom stereocenters. The van der Waals surface area contributed by atoms with Crippen molar-refractivity contribution in [3.63, 3.8) is 0 Å². The van der Waals surface area contributed by atoms with E-state index < -0.39 is 16.1 Å². The van der Waals surface area contributed by atoms with Crippen molar-refractivity contribution < 1.29 is 14.5 Å². The van der Waals surface area contributed by atoms with Crippen molar-refractivity contribution in [2.45, 2.75) is 18.6 Å². The molecule has 0 spiro atoms. The summed E-state index contributed by atoms with van der Waals surface area (Å²) in [6.07, 6.45) is -0.0429. The molecule has 1 heterocycles. The Hall–Kier alpha value is -2.00. The van der Waals surface area contributed by atoms with Crippen molar-refractivity contribution >= 4 is 51.5 Å². The molecule has 2 amide bonds. The molecule has 110 valence electrons. The molecule has 0 aliphatic carbocycles. The van der Waals surface area contributed by atoms with Crippen molar-refractivity contribution in [3.05, 3.63) is 33.9 Å². The molecule has 2 N–H and O–H groups in total. The lowest BCUT2D eigenvalue weighted by molar-refractivity contribution is -0.384. The van der Waals surface area contributed by atoms with Crippen LogP contribution in [0.25, 0.3) is 0 Å². The maximum Gasteiger partial charge on any atom is 0.271 e. The van der Waals surface area contributed by atoms with Gasteiger partial charge in [-0.1, -0.05) is 30.0 Å². The summed E-state index contributed by atoms with van der Waals surface area (Å²) in [5.41, 5.74) is 0.957. The predicted molar refractivity (Wildman–Crippen MR) is 83.2 cm³/mol. The number of hydrogen-bond donors (Lipinski definition) is 2. The van der Waals surface area contributed by atoms with Crippen LogP contribution in [0.3, 0.4) is 0 Å². The number of nitro benzene ring substituents is 1. The fraction of sp³-hybridized carbons (Fsp3) is 0.250. The van der Waals surface area contributed by atoms with Crippen molar-refractivity contribution in [1.29, 1.82) is 0 Å². The highest BCUT2D eigenvalue weighted by Gasteiger charge is 2.31. The van der Waals surface area contributed by atoms with Gasteiger partial charge in [-0.15, -0.1) is 0 Å². The summed E-state index contributed by atoms with van der Waals surface area (Å²) in [5, 5.41) is 15.2. The molecule has 0 radical (unpaired) electrons. The molecule has 1 aliphatic heterocycles. The van der Waals surface area contributed by atoms with Crippen LogP contribution in [0.4, 0.5) is 11.4 Å². The third-order valence-corrected chi connectivity index (χ3v) is 4.22. The van der Waals surface area contributed by atoms with E-state index in [4.69, 9.17) is 12.2 Å². The van der Waals surface area contributed by atoms with Gasteiger partial charge in [-0.25, -0.2) is 0 Å². The summed E-state index contributed by atoms with van der Waals surface area (Å²) in [7, 11) is 0. The molecule has 9 heteroatoms. The van der Waals surface area contributed by atoms with Crippen LogP contribution < -0.4 is 10.6 Å². The summed E-state index contributed by atoms with van der Waals surface area (Å²) >= 11 is 5.97. The molecule has 1 saturated heterocycles. The largest absolute Gasteiger partial charge is 0.326 e.